The lowest BCUT2D eigenvalue weighted by Gasteiger charge is -2.37. The molecule has 0 aliphatic carbocycles. The maximum atomic E-state index is 13.2. The number of nitrogens with zero attached hydrogens (tertiary/aromatic N) is 4. The highest BCUT2D eigenvalue weighted by Gasteiger charge is 2.34. The van der Waals surface area contributed by atoms with Gasteiger partial charge in [-0.05, 0) is 82.1 Å². The molecule has 180 valence electrons. The molecule has 3 heterocycles. The summed E-state index contributed by atoms with van der Waals surface area (Å²) in [5, 5.41) is 0. The van der Waals surface area contributed by atoms with Crippen molar-refractivity contribution in [2.75, 3.05) is 55.6 Å². The molecule has 2 aromatic rings. The molecule has 3 saturated heterocycles. The fraction of sp³-hybridized carbons (Fsp3) is 0.500. The van der Waals surface area contributed by atoms with Gasteiger partial charge in [0.2, 0.25) is 5.91 Å². The topological polar surface area (TPSA) is 47.1 Å². The van der Waals surface area contributed by atoms with Crippen molar-refractivity contribution in [3.8, 4) is 0 Å². The van der Waals surface area contributed by atoms with Crippen LogP contribution in [0.1, 0.15) is 47.2 Å². The third-order valence-electron chi connectivity index (χ3n) is 7.65. The second-order valence-electron chi connectivity index (χ2n) is 10.1. The number of piperazine rings is 1. The summed E-state index contributed by atoms with van der Waals surface area (Å²) in [6, 6.07) is 14.5. The average Bonchev–Trinajstić information content (AvgIpc) is 3.49. The van der Waals surface area contributed by atoms with Gasteiger partial charge in [0.25, 0.3) is 5.91 Å². The number of rotatable bonds is 5. The predicted octanol–water partition coefficient (Wildman–Crippen LogP) is 3.86. The molecule has 34 heavy (non-hydrogen) atoms. The van der Waals surface area contributed by atoms with E-state index in [9.17, 15) is 9.59 Å². The van der Waals surface area contributed by atoms with E-state index in [0.29, 0.717) is 12.0 Å². The lowest BCUT2D eigenvalue weighted by Crippen LogP contribution is -2.49. The Bertz CT molecular complexity index is 1040. The largest absolute Gasteiger partial charge is 0.368 e. The van der Waals surface area contributed by atoms with Crippen LogP contribution in [0.25, 0.3) is 0 Å². The maximum Gasteiger partial charge on any atom is 0.253 e. The summed E-state index contributed by atoms with van der Waals surface area (Å²) in [5.41, 5.74) is 5.45. The number of carbonyl (C=O) groups excluding carboxylic acids is 2. The molecule has 0 radical (unpaired) electrons. The van der Waals surface area contributed by atoms with Crippen molar-refractivity contribution >= 4 is 23.2 Å². The van der Waals surface area contributed by atoms with Crippen molar-refractivity contribution in [2.45, 2.75) is 45.6 Å². The van der Waals surface area contributed by atoms with Gasteiger partial charge in [-0.1, -0.05) is 17.7 Å². The number of hydrogen-bond donors (Lipinski definition) is 0. The van der Waals surface area contributed by atoms with E-state index < -0.39 is 0 Å². The van der Waals surface area contributed by atoms with Gasteiger partial charge < -0.3 is 19.6 Å². The van der Waals surface area contributed by atoms with Crippen LogP contribution in [-0.2, 0) is 4.79 Å². The predicted molar refractivity (Wildman–Crippen MR) is 137 cm³/mol. The summed E-state index contributed by atoms with van der Waals surface area (Å²) in [6.45, 7) is 10.6. The molecule has 0 aromatic heterocycles. The third-order valence-corrected chi connectivity index (χ3v) is 7.65. The molecule has 1 unspecified atom stereocenters. The summed E-state index contributed by atoms with van der Waals surface area (Å²) in [6.07, 6.45) is 4.05. The van der Waals surface area contributed by atoms with Gasteiger partial charge in [-0.15, -0.1) is 0 Å². The molecule has 3 aliphatic rings. The van der Waals surface area contributed by atoms with Crippen molar-refractivity contribution in [2.24, 2.45) is 0 Å². The number of amides is 2. The number of benzene rings is 2. The first-order valence-electron chi connectivity index (χ1n) is 12.8. The Balaban J connectivity index is 1.21. The number of likely N-dealkylation sites (tertiary alicyclic amines) is 1. The first-order chi connectivity index (χ1) is 16.5. The van der Waals surface area contributed by atoms with Gasteiger partial charge in [-0.2, -0.15) is 0 Å². The zero-order valence-corrected chi connectivity index (χ0v) is 20.5. The Hall–Kier alpha value is -2.86. The molecule has 0 bridgehead atoms. The molecule has 5 rings (SSSR count). The Morgan fingerprint density at radius 1 is 0.912 bits per heavy atom. The highest BCUT2D eigenvalue weighted by molar-refractivity contribution is 5.98. The van der Waals surface area contributed by atoms with Gasteiger partial charge in [-0.3, -0.25) is 9.59 Å². The SMILES string of the molecule is Cc1ccc(N2CCN(C(=O)c3ccc(N4C(=O)CCC4CN4CCCC4)cc3)CC2)c(C)c1. The second kappa shape index (κ2) is 9.79. The van der Waals surface area contributed by atoms with E-state index in [1.165, 1.54) is 29.7 Å². The molecule has 1 atom stereocenters. The zero-order valence-electron chi connectivity index (χ0n) is 20.5. The second-order valence-corrected chi connectivity index (χ2v) is 10.1. The van der Waals surface area contributed by atoms with Crippen LogP contribution in [0.15, 0.2) is 42.5 Å². The van der Waals surface area contributed by atoms with Crippen LogP contribution in [0.5, 0.6) is 0 Å². The normalized spacial score (nSPS) is 21.5. The highest BCUT2D eigenvalue weighted by atomic mass is 16.2. The highest BCUT2D eigenvalue weighted by Crippen LogP contribution is 2.29. The van der Waals surface area contributed by atoms with Crippen LogP contribution < -0.4 is 9.80 Å². The quantitative estimate of drug-likeness (QED) is 0.680. The van der Waals surface area contributed by atoms with Crippen LogP contribution in [-0.4, -0.2) is 73.5 Å². The molecule has 0 spiro atoms. The summed E-state index contributed by atoms with van der Waals surface area (Å²) < 4.78 is 0. The van der Waals surface area contributed by atoms with E-state index in [-0.39, 0.29) is 17.9 Å². The molecule has 6 heteroatoms. The first-order valence-corrected chi connectivity index (χ1v) is 12.8. The van der Waals surface area contributed by atoms with Crippen LogP contribution in [0.4, 0.5) is 11.4 Å². The van der Waals surface area contributed by atoms with Crippen molar-refractivity contribution < 1.29 is 9.59 Å². The average molecular weight is 461 g/mol. The Morgan fingerprint density at radius 3 is 2.29 bits per heavy atom. The van der Waals surface area contributed by atoms with E-state index in [0.717, 1.165) is 57.9 Å². The van der Waals surface area contributed by atoms with Crippen LogP contribution in [0.2, 0.25) is 0 Å². The van der Waals surface area contributed by atoms with Crippen LogP contribution in [0.3, 0.4) is 0 Å². The number of aryl methyl sites for hydroxylation is 2. The van der Waals surface area contributed by atoms with E-state index in [1.54, 1.807) is 0 Å². The van der Waals surface area contributed by atoms with Crippen molar-refractivity contribution in [3.63, 3.8) is 0 Å². The smallest absolute Gasteiger partial charge is 0.253 e. The van der Waals surface area contributed by atoms with Crippen LogP contribution >= 0.6 is 0 Å². The molecule has 0 saturated carbocycles. The monoisotopic (exact) mass is 460 g/mol. The Labute approximate surface area is 203 Å². The first kappa shape index (κ1) is 22.9. The molecule has 3 fully saturated rings. The lowest BCUT2D eigenvalue weighted by atomic mass is 10.1. The van der Waals surface area contributed by atoms with Gasteiger partial charge >= 0.3 is 0 Å². The standard InChI is InChI=1S/C28H36N4O2/c1-21-5-11-26(22(2)19-21)30-15-17-31(18-16-30)28(34)23-6-8-24(9-7-23)32-25(10-12-27(32)33)20-29-13-3-4-14-29/h5-9,11,19,25H,3-4,10,12-18,20H2,1-2H3. The van der Waals surface area contributed by atoms with Gasteiger partial charge in [0.1, 0.15) is 0 Å². The molecule has 3 aliphatic heterocycles. The van der Waals surface area contributed by atoms with E-state index >= 15 is 0 Å². The molecule has 2 amide bonds. The molecule has 6 nitrogen and oxygen atoms in total. The van der Waals surface area contributed by atoms with Crippen molar-refractivity contribution in [1.29, 1.82) is 0 Å². The Kier molecular flexibility index (Phi) is 6.59. The summed E-state index contributed by atoms with van der Waals surface area (Å²) >= 11 is 0. The van der Waals surface area contributed by atoms with Crippen molar-refractivity contribution in [1.82, 2.24) is 9.80 Å². The van der Waals surface area contributed by atoms with Crippen molar-refractivity contribution in [3.05, 3.63) is 59.2 Å². The Morgan fingerprint density at radius 2 is 1.62 bits per heavy atom. The van der Waals surface area contributed by atoms with Gasteiger partial charge in [0.05, 0.1) is 6.04 Å². The minimum absolute atomic E-state index is 0.0770. The van der Waals surface area contributed by atoms with E-state index in [1.807, 2.05) is 34.1 Å². The number of carbonyl (C=O) groups is 2. The van der Waals surface area contributed by atoms with Gasteiger partial charge in [0, 0.05) is 56.1 Å². The third kappa shape index (κ3) is 4.69. The number of anilines is 2. The summed E-state index contributed by atoms with van der Waals surface area (Å²) in [4.78, 5) is 34.6. The fourth-order valence-corrected chi connectivity index (χ4v) is 5.79. The molecule has 2 aromatic carbocycles. The minimum atomic E-state index is 0.0770. The fourth-order valence-electron chi connectivity index (χ4n) is 5.79. The molecular weight excluding hydrogens is 424 g/mol. The summed E-state index contributed by atoms with van der Waals surface area (Å²) in [7, 11) is 0. The van der Waals surface area contributed by atoms with Gasteiger partial charge in [-0.25, -0.2) is 0 Å². The minimum Gasteiger partial charge on any atom is -0.368 e. The molecule has 0 N–H and O–H groups in total. The van der Waals surface area contributed by atoms with Gasteiger partial charge in [0.15, 0.2) is 0 Å². The number of hydrogen-bond acceptors (Lipinski definition) is 4. The maximum absolute atomic E-state index is 13.2. The summed E-state index contributed by atoms with van der Waals surface area (Å²) in [5.74, 6) is 0.277. The molecular formula is C28H36N4O2. The van der Waals surface area contributed by atoms with Crippen LogP contribution in [0, 0.1) is 13.8 Å². The van der Waals surface area contributed by atoms with E-state index in [4.69, 9.17) is 0 Å². The lowest BCUT2D eigenvalue weighted by molar-refractivity contribution is -0.117. The van der Waals surface area contributed by atoms with E-state index in [2.05, 4.69) is 41.8 Å². The zero-order chi connectivity index (χ0) is 23.7.